The van der Waals surface area contributed by atoms with Crippen molar-refractivity contribution in [2.24, 2.45) is 10.9 Å². The average Bonchev–Trinajstić information content (AvgIpc) is 3.09. The Morgan fingerprint density at radius 1 is 1.37 bits per heavy atom. The molecule has 1 saturated heterocycles. The largest absolute Gasteiger partial charge is 0.444 e. The Labute approximate surface area is 166 Å². The van der Waals surface area contributed by atoms with Gasteiger partial charge in [-0.25, -0.2) is 9.78 Å². The number of amides is 1. The van der Waals surface area contributed by atoms with Crippen molar-refractivity contribution in [3.05, 3.63) is 16.1 Å². The molecular formula is C19H33N5O2S. The number of ether oxygens (including phenoxy) is 1. The van der Waals surface area contributed by atoms with E-state index in [9.17, 15) is 4.79 Å². The van der Waals surface area contributed by atoms with Gasteiger partial charge in [-0.3, -0.25) is 4.99 Å². The zero-order chi connectivity index (χ0) is 19.9. The smallest absolute Gasteiger partial charge is 0.410 e. The van der Waals surface area contributed by atoms with Gasteiger partial charge in [0.15, 0.2) is 5.96 Å². The number of nitrogens with zero attached hydrogens (tertiary/aromatic N) is 3. The van der Waals surface area contributed by atoms with Crippen molar-refractivity contribution in [3.63, 3.8) is 0 Å². The molecule has 2 rings (SSSR count). The minimum absolute atomic E-state index is 0.207. The van der Waals surface area contributed by atoms with E-state index in [-0.39, 0.29) is 6.09 Å². The molecule has 8 heteroatoms. The molecule has 1 aromatic heterocycles. The molecule has 0 unspecified atom stereocenters. The van der Waals surface area contributed by atoms with Gasteiger partial charge in [0, 0.05) is 37.8 Å². The Morgan fingerprint density at radius 2 is 2.07 bits per heavy atom. The number of hydrogen-bond donors (Lipinski definition) is 2. The quantitative estimate of drug-likeness (QED) is 0.592. The van der Waals surface area contributed by atoms with Gasteiger partial charge in [0.1, 0.15) is 10.6 Å². The number of piperidine rings is 1. The zero-order valence-electron chi connectivity index (χ0n) is 17.2. The van der Waals surface area contributed by atoms with Gasteiger partial charge in [-0.05, 0) is 46.0 Å². The maximum absolute atomic E-state index is 12.1. The van der Waals surface area contributed by atoms with E-state index in [1.54, 1.807) is 18.4 Å². The van der Waals surface area contributed by atoms with E-state index >= 15 is 0 Å². The van der Waals surface area contributed by atoms with Crippen LogP contribution in [0, 0.1) is 5.92 Å². The number of aliphatic imine (C=N–C) groups is 1. The summed E-state index contributed by atoms with van der Waals surface area (Å²) in [6.45, 7) is 10.8. The molecule has 2 heterocycles. The van der Waals surface area contributed by atoms with Crippen LogP contribution in [0.15, 0.2) is 11.2 Å². The SMILES string of the molecule is CCc1cnc(CNC(=NC)NCC2CCN(C(=O)OC(C)(C)C)CC2)s1. The van der Waals surface area contributed by atoms with E-state index in [4.69, 9.17) is 4.74 Å². The fraction of sp³-hybridized carbons (Fsp3) is 0.737. The third kappa shape index (κ3) is 7.36. The molecule has 1 aromatic rings. The van der Waals surface area contributed by atoms with Crippen LogP contribution in [0.3, 0.4) is 0 Å². The van der Waals surface area contributed by atoms with Crippen LogP contribution in [0.25, 0.3) is 0 Å². The molecule has 152 valence electrons. The average molecular weight is 396 g/mol. The minimum Gasteiger partial charge on any atom is -0.444 e. The Kier molecular flexibility index (Phi) is 7.89. The molecule has 2 N–H and O–H groups in total. The van der Waals surface area contributed by atoms with Crippen LogP contribution in [-0.2, 0) is 17.7 Å². The van der Waals surface area contributed by atoms with Crippen molar-refractivity contribution in [3.8, 4) is 0 Å². The van der Waals surface area contributed by atoms with Gasteiger partial charge in [0.05, 0.1) is 6.54 Å². The van der Waals surface area contributed by atoms with Gasteiger partial charge < -0.3 is 20.3 Å². The van der Waals surface area contributed by atoms with Crippen LogP contribution in [0.2, 0.25) is 0 Å². The number of thiazole rings is 1. The molecule has 1 fully saturated rings. The summed E-state index contributed by atoms with van der Waals surface area (Å²) in [6, 6.07) is 0. The third-order valence-corrected chi connectivity index (χ3v) is 5.55. The molecule has 27 heavy (non-hydrogen) atoms. The zero-order valence-corrected chi connectivity index (χ0v) is 18.0. The van der Waals surface area contributed by atoms with Crippen molar-refractivity contribution in [2.45, 2.75) is 59.1 Å². The lowest BCUT2D eigenvalue weighted by molar-refractivity contribution is 0.0185. The monoisotopic (exact) mass is 395 g/mol. The predicted molar refractivity (Wildman–Crippen MR) is 110 cm³/mol. The minimum atomic E-state index is -0.442. The molecule has 0 atom stereocenters. The van der Waals surface area contributed by atoms with Crippen molar-refractivity contribution in [1.82, 2.24) is 20.5 Å². The van der Waals surface area contributed by atoms with E-state index in [1.165, 1.54) is 4.88 Å². The van der Waals surface area contributed by atoms with Gasteiger partial charge in [0.25, 0.3) is 0 Å². The summed E-state index contributed by atoms with van der Waals surface area (Å²) in [5.41, 5.74) is -0.442. The first-order valence-electron chi connectivity index (χ1n) is 9.66. The number of carbonyl (C=O) groups excluding carboxylic acids is 1. The number of hydrogen-bond acceptors (Lipinski definition) is 5. The van der Waals surface area contributed by atoms with Gasteiger partial charge in [-0.15, -0.1) is 11.3 Å². The topological polar surface area (TPSA) is 78.9 Å². The molecule has 0 bridgehead atoms. The van der Waals surface area contributed by atoms with Crippen LogP contribution < -0.4 is 10.6 Å². The standard InChI is InChI=1S/C19H33N5O2S/c1-6-15-12-21-16(27-15)13-23-17(20-5)22-11-14-7-9-24(10-8-14)18(25)26-19(2,3)4/h12,14H,6-11,13H2,1-5H3,(H2,20,22,23). The lowest BCUT2D eigenvalue weighted by atomic mass is 9.97. The summed E-state index contributed by atoms with van der Waals surface area (Å²) in [5, 5.41) is 7.78. The van der Waals surface area contributed by atoms with Crippen molar-refractivity contribution >= 4 is 23.4 Å². The maximum atomic E-state index is 12.1. The van der Waals surface area contributed by atoms with Crippen LogP contribution in [0.5, 0.6) is 0 Å². The Balaban J connectivity index is 1.69. The number of rotatable bonds is 5. The lowest BCUT2D eigenvalue weighted by Gasteiger charge is -2.33. The normalized spacial score (nSPS) is 16.3. The van der Waals surface area contributed by atoms with Crippen LogP contribution in [0.4, 0.5) is 4.79 Å². The van der Waals surface area contributed by atoms with Crippen LogP contribution >= 0.6 is 11.3 Å². The first-order chi connectivity index (χ1) is 12.8. The highest BCUT2D eigenvalue weighted by Crippen LogP contribution is 2.19. The van der Waals surface area contributed by atoms with E-state index < -0.39 is 5.60 Å². The van der Waals surface area contributed by atoms with E-state index in [0.29, 0.717) is 12.5 Å². The first kappa shape index (κ1) is 21.5. The number of likely N-dealkylation sites (tertiary alicyclic amines) is 1. The number of carbonyl (C=O) groups is 1. The number of guanidine groups is 1. The predicted octanol–water partition coefficient (Wildman–Crippen LogP) is 3.02. The molecule has 1 aliphatic rings. The Bertz CT molecular complexity index is 630. The second-order valence-corrected chi connectivity index (χ2v) is 8.99. The molecule has 0 saturated carbocycles. The Hall–Kier alpha value is -1.83. The molecule has 7 nitrogen and oxygen atoms in total. The number of nitrogens with one attached hydrogen (secondary N) is 2. The van der Waals surface area contributed by atoms with Crippen molar-refractivity contribution in [1.29, 1.82) is 0 Å². The van der Waals surface area contributed by atoms with E-state index in [0.717, 1.165) is 49.9 Å². The highest BCUT2D eigenvalue weighted by atomic mass is 32.1. The molecule has 0 aliphatic carbocycles. The van der Waals surface area contributed by atoms with Gasteiger partial charge >= 0.3 is 6.09 Å². The van der Waals surface area contributed by atoms with Crippen molar-refractivity contribution < 1.29 is 9.53 Å². The highest BCUT2D eigenvalue weighted by molar-refractivity contribution is 7.11. The molecule has 0 aromatic carbocycles. The van der Waals surface area contributed by atoms with Gasteiger partial charge in [0.2, 0.25) is 0 Å². The molecular weight excluding hydrogens is 362 g/mol. The van der Waals surface area contributed by atoms with E-state index in [2.05, 4.69) is 27.5 Å². The second-order valence-electron chi connectivity index (χ2n) is 7.79. The molecule has 1 aliphatic heterocycles. The summed E-state index contributed by atoms with van der Waals surface area (Å²) in [6.07, 6.45) is 4.69. The fourth-order valence-corrected chi connectivity index (χ4v) is 3.66. The third-order valence-electron chi connectivity index (χ3n) is 4.40. The van der Waals surface area contributed by atoms with Crippen LogP contribution in [-0.4, -0.2) is 54.2 Å². The first-order valence-corrected chi connectivity index (χ1v) is 10.5. The van der Waals surface area contributed by atoms with Crippen LogP contribution in [0.1, 0.15) is 50.4 Å². The summed E-state index contributed by atoms with van der Waals surface area (Å²) >= 11 is 1.73. The summed E-state index contributed by atoms with van der Waals surface area (Å²) in [5.74, 6) is 1.31. The molecule has 0 radical (unpaired) electrons. The van der Waals surface area contributed by atoms with Gasteiger partial charge in [-0.2, -0.15) is 0 Å². The molecule has 1 amide bonds. The summed E-state index contributed by atoms with van der Waals surface area (Å²) in [4.78, 5) is 23.9. The fourth-order valence-electron chi connectivity index (χ4n) is 2.86. The molecule has 0 spiro atoms. The van der Waals surface area contributed by atoms with Crippen molar-refractivity contribution in [2.75, 3.05) is 26.7 Å². The highest BCUT2D eigenvalue weighted by Gasteiger charge is 2.26. The van der Waals surface area contributed by atoms with Gasteiger partial charge in [-0.1, -0.05) is 6.92 Å². The second kappa shape index (κ2) is 9.92. The van der Waals surface area contributed by atoms with E-state index in [1.807, 2.05) is 31.9 Å². The summed E-state index contributed by atoms with van der Waals surface area (Å²) < 4.78 is 5.45. The number of aryl methyl sites for hydroxylation is 1. The maximum Gasteiger partial charge on any atom is 0.410 e. The summed E-state index contributed by atoms with van der Waals surface area (Å²) in [7, 11) is 1.78. The Morgan fingerprint density at radius 3 is 2.63 bits per heavy atom. The number of aromatic nitrogens is 1. The lowest BCUT2D eigenvalue weighted by Crippen LogP contribution is -2.45.